The van der Waals surface area contributed by atoms with Gasteiger partial charge in [0.15, 0.2) is 0 Å². The van der Waals surface area contributed by atoms with E-state index in [4.69, 9.17) is 11.6 Å². The van der Waals surface area contributed by atoms with Gasteiger partial charge in [-0.05, 0) is 40.5 Å². The van der Waals surface area contributed by atoms with Crippen LogP contribution in [0.25, 0.3) is 0 Å². The Morgan fingerprint density at radius 2 is 1.90 bits per heavy atom. The van der Waals surface area contributed by atoms with Crippen LogP contribution in [0.3, 0.4) is 0 Å². The Hall–Kier alpha value is -1.03. The summed E-state index contributed by atoms with van der Waals surface area (Å²) in [7, 11) is 0. The van der Waals surface area contributed by atoms with Gasteiger partial charge in [-0.15, -0.1) is 0 Å². The molecule has 0 radical (unpaired) electrons. The molecule has 1 aliphatic heterocycles. The average Bonchev–Trinajstić information content (AvgIpc) is 2.51. The molecule has 21 heavy (non-hydrogen) atoms. The van der Waals surface area contributed by atoms with Crippen molar-refractivity contribution in [1.29, 1.82) is 0 Å². The highest BCUT2D eigenvalue weighted by molar-refractivity contribution is 9.10. The van der Waals surface area contributed by atoms with Crippen molar-refractivity contribution in [3.63, 3.8) is 0 Å². The van der Waals surface area contributed by atoms with Crippen LogP contribution < -0.4 is 10.2 Å². The highest BCUT2D eigenvalue weighted by Gasteiger charge is 2.28. The van der Waals surface area contributed by atoms with Crippen LogP contribution in [0.2, 0.25) is 5.02 Å². The molecular weight excluding hydrogens is 348 g/mol. The number of nitrogens with one attached hydrogen (secondary N) is 1. The molecule has 2 aromatic rings. The number of nitrogens with zero attached hydrogens (tertiary/aromatic N) is 1. The smallest absolute Gasteiger partial charge is 0.0668 e. The quantitative estimate of drug-likeness (QED) is 0.834. The van der Waals surface area contributed by atoms with Crippen molar-refractivity contribution < 1.29 is 0 Å². The van der Waals surface area contributed by atoms with Crippen LogP contribution in [0.4, 0.5) is 5.69 Å². The largest absolute Gasteiger partial charge is 0.361 e. The van der Waals surface area contributed by atoms with Crippen LogP contribution in [-0.2, 0) is 0 Å². The second-order valence-corrected chi connectivity index (χ2v) is 6.66. The lowest BCUT2D eigenvalue weighted by Gasteiger charge is -2.41. The van der Waals surface area contributed by atoms with Crippen LogP contribution >= 0.6 is 27.5 Å². The van der Waals surface area contributed by atoms with E-state index in [1.54, 1.807) is 0 Å². The summed E-state index contributed by atoms with van der Waals surface area (Å²) in [5.41, 5.74) is 2.48. The molecule has 0 bridgehead atoms. The Labute approximate surface area is 139 Å². The summed E-state index contributed by atoms with van der Waals surface area (Å²) >= 11 is 9.92. The minimum absolute atomic E-state index is 0.317. The van der Waals surface area contributed by atoms with E-state index in [1.165, 1.54) is 5.56 Å². The van der Waals surface area contributed by atoms with Gasteiger partial charge in [0.1, 0.15) is 0 Å². The van der Waals surface area contributed by atoms with Crippen molar-refractivity contribution in [1.82, 2.24) is 5.32 Å². The molecule has 0 spiro atoms. The molecule has 0 saturated carbocycles. The van der Waals surface area contributed by atoms with E-state index in [0.717, 1.165) is 28.3 Å². The first-order valence-corrected chi connectivity index (χ1v) is 8.33. The number of piperazine rings is 1. The zero-order valence-corrected chi connectivity index (χ0v) is 14.2. The molecule has 1 heterocycles. The van der Waals surface area contributed by atoms with E-state index in [2.05, 4.69) is 69.5 Å². The molecule has 0 aliphatic carbocycles. The van der Waals surface area contributed by atoms with Crippen molar-refractivity contribution in [2.45, 2.75) is 19.0 Å². The Morgan fingerprint density at radius 1 is 1.14 bits per heavy atom. The second-order valence-electron chi connectivity index (χ2n) is 5.46. The van der Waals surface area contributed by atoms with Gasteiger partial charge in [-0.3, -0.25) is 0 Å². The van der Waals surface area contributed by atoms with Gasteiger partial charge in [0.25, 0.3) is 0 Å². The molecular formula is C17H18BrClN2. The first-order valence-electron chi connectivity index (χ1n) is 7.16. The van der Waals surface area contributed by atoms with Gasteiger partial charge in [0.05, 0.1) is 21.2 Å². The van der Waals surface area contributed by atoms with Gasteiger partial charge < -0.3 is 10.2 Å². The summed E-state index contributed by atoms with van der Waals surface area (Å²) in [4.78, 5) is 2.44. The molecule has 0 amide bonds. The van der Waals surface area contributed by atoms with E-state index in [0.29, 0.717) is 12.1 Å². The number of halogens is 2. The highest BCUT2D eigenvalue weighted by Crippen LogP contribution is 2.38. The Kier molecular flexibility index (Phi) is 4.53. The molecule has 4 heteroatoms. The summed E-state index contributed by atoms with van der Waals surface area (Å²) < 4.78 is 0.974. The molecule has 3 rings (SSSR count). The van der Waals surface area contributed by atoms with E-state index in [1.807, 2.05) is 12.1 Å². The maximum atomic E-state index is 6.27. The number of anilines is 1. The topological polar surface area (TPSA) is 15.3 Å². The summed E-state index contributed by atoms with van der Waals surface area (Å²) in [5, 5.41) is 4.33. The molecule has 2 unspecified atom stereocenters. The summed E-state index contributed by atoms with van der Waals surface area (Å²) in [6.07, 6.45) is 0. The van der Waals surface area contributed by atoms with Crippen molar-refractivity contribution in [3.8, 4) is 0 Å². The van der Waals surface area contributed by atoms with Gasteiger partial charge in [-0.25, -0.2) is 0 Å². The number of rotatable bonds is 2. The highest BCUT2D eigenvalue weighted by atomic mass is 79.9. The molecule has 1 N–H and O–H groups in total. The van der Waals surface area contributed by atoms with Crippen LogP contribution in [0.15, 0.2) is 53.0 Å². The van der Waals surface area contributed by atoms with E-state index in [9.17, 15) is 0 Å². The van der Waals surface area contributed by atoms with Gasteiger partial charge in [0.2, 0.25) is 0 Å². The molecule has 1 fully saturated rings. The van der Waals surface area contributed by atoms with Crippen molar-refractivity contribution in [2.75, 3.05) is 18.0 Å². The Bertz CT molecular complexity index is 617. The summed E-state index contributed by atoms with van der Waals surface area (Å²) in [6, 6.07) is 17.5. The van der Waals surface area contributed by atoms with Crippen LogP contribution in [-0.4, -0.2) is 19.1 Å². The van der Waals surface area contributed by atoms with E-state index >= 15 is 0 Å². The molecule has 0 aromatic heterocycles. The normalized spacial score (nSPS) is 22.3. The number of hydrogen-bond acceptors (Lipinski definition) is 2. The van der Waals surface area contributed by atoms with Gasteiger partial charge >= 0.3 is 0 Å². The van der Waals surface area contributed by atoms with E-state index in [-0.39, 0.29) is 0 Å². The van der Waals surface area contributed by atoms with Gasteiger partial charge in [0, 0.05) is 19.1 Å². The van der Waals surface area contributed by atoms with Crippen LogP contribution in [0, 0.1) is 0 Å². The lowest BCUT2D eigenvalue weighted by atomic mass is 10.0. The zero-order chi connectivity index (χ0) is 14.8. The first-order chi connectivity index (χ1) is 10.2. The van der Waals surface area contributed by atoms with Gasteiger partial charge in [-0.1, -0.05) is 48.0 Å². The zero-order valence-electron chi connectivity index (χ0n) is 11.9. The molecule has 2 nitrogen and oxygen atoms in total. The molecule has 1 aliphatic rings. The van der Waals surface area contributed by atoms with Crippen LogP contribution in [0.5, 0.6) is 0 Å². The predicted octanol–water partition coefficient (Wildman–Crippen LogP) is 4.64. The lowest BCUT2D eigenvalue weighted by molar-refractivity contribution is 0.416. The third-order valence-electron chi connectivity index (χ3n) is 3.93. The third-order valence-corrected chi connectivity index (χ3v) is 5.31. The van der Waals surface area contributed by atoms with Crippen LogP contribution in [0.1, 0.15) is 18.5 Å². The predicted molar refractivity (Wildman–Crippen MR) is 93.1 cm³/mol. The minimum atomic E-state index is 0.317. The first kappa shape index (κ1) is 14.9. The molecule has 2 atom stereocenters. The summed E-state index contributed by atoms with van der Waals surface area (Å²) in [6.45, 7) is 4.11. The standard InChI is InChI=1S/C17H18BrClN2/c1-12-11-21(15-9-5-8-14(19)17(15)18)16(10-20-12)13-6-3-2-4-7-13/h2-9,12,16,20H,10-11H2,1H3. The monoisotopic (exact) mass is 364 g/mol. The summed E-state index contributed by atoms with van der Waals surface area (Å²) in [5.74, 6) is 0. The SMILES string of the molecule is CC1CN(c2cccc(Cl)c2Br)C(c2ccccc2)CN1. The second kappa shape index (κ2) is 6.39. The minimum Gasteiger partial charge on any atom is -0.361 e. The molecule has 110 valence electrons. The number of hydrogen-bond donors (Lipinski definition) is 1. The maximum Gasteiger partial charge on any atom is 0.0668 e. The van der Waals surface area contributed by atoms with Gasteiger partial charge in [-0.2, -0.15) is 0 Å². The Balaban J connectivity index is 2.01. The number of benzene rings is 2. The lowest BCUT2D eigenvalue weighted by Crippen LogP contribution is -2.51. The molecule has 1 saturated heterocycles. The molecule has 2 aromatic carbocycles. The average molecular weight is 366 g/mol. The fourth-order valence-electron chi connectivity index (χ4n) is 2.86. The van der Waals surface area contributed by atoms with Crippen molar-refractivity contribution >= 4 is 33.2 Å². The van der Waals surface area contributed by atoms with Crippen molar-refractivity contribution in [3.05, 3.63) is 63.6 Å². The van der Waals surface area contributed by atoms with Crippen molar-refractivity contribution in [2.24, 2.45) is 0 Å². The maximum absolute atomic E-state index is 6.27. The fourth-order valence-corrected chi connectivity index (χ4v) is 3.52. The fraction of sp³-hybridized carbons (Fsp3) is 0.294. The third kappa shape index (κ3) is 3.10. The Morgan fingerprint density at radius 3 is 2.67 bits per heavy atom. The van der Waals surface area contributed by atoms with E-state index < -0.39 is 0 Å².